The summed E-state index contributed by atoms with van der Waals surface area (Å²) in [7, 11) is -2.32. The summed E-state index contributed by atoms with van der Waals surface area (Å²) in [6, 6.07) is 7.50. The lowest BCUT2D eigenvalue weighted by atomic mass is 10.3. The van der Waals surface area contributed by atoms with Crippen LogP contribution in [-0.2, 0) is 4.57 Å². The van der Waals surface area contributed by atoms with E-state index in [0.717, 1.165) is 11.0 Å². The van der Waals surface area contributed by atoms with Gasteiger partial charge in [-0.05, 0) is 32.4 Å². The zero-order valence-corrected chi connectivity index (χ0v) is 12.0. The fourth-order valence-electron chi connectivity index (χ4n) is 1.45. The minimum absolute atomic E-state index is 0.557. The number of allylic oxidation sites excluding steroid dienone is 2. The van der Waals surface area contributed by atoms with Crippen LogP contribution in [0.5, 0.6) is 0 Å². The van der Waals surface area contributed by atoms with Crippen molar-refractivity contribution in [1.29, 1.82) is 0 Å². The number of para-hydroxylation sites is 1. The average molecular weight is 270 g/mol. The molecule has 0 aliphatic carbocycles. The summed E-state index contributed by atoms with van der Waals surface area (Å²) in [4.78, 5) is 0. The molecule has 1 aromatic carbocycles. The van der Waals surface area contributed by atoms with Crippen LogP contribution < -0.4 is 10.6 Å². The number of hydrogen-bond acceptors (Lipinski definition) is 2. The Hall–Kier alpha value is -0.980. The van der Waals surface area contributed by atoms with E-state index in [1.54, 1.807) is 19.4 Å². The molecule has 1 aromatic rings. The molecule has 0 amide bonds. The van der Waals surface area contributed by atoms with E-state index >= 15 is 0 Å². The van der Waals surface area contributed by atoms with Gasteiger partial charge in [-0.2, -0.15) is 0 Å². The summed E-state index contributed by atoms with van der Waals surface area (Å²) in [6.07, 6.45) is 1.76. The van der Waals surface area contributed by atoms with Crippen molar-refractivity contribution in [1.82, 2.24) is 0 Å². The van der Waals surface area contributed by atoms with E-state index in [1.165, 1.54) is 0 Å². The van der Waals surface area contributed by atoms with Crippen LogP contribution >= 0.6 is 18.7 Å². The molecular weight excluding hydrogens is 253 g/mol. The maximum absolute atomic E-state index is 12.1. The van der Waals surface area contributed by atoms with Crippen molar-refractivity contribution in [3.63, 3.8) is 0 Å². The SMILES string of the molecule is C=C(Nc1ccccc1P(C)(C)=O)/C(Cl)=C\C. The second-order valence-corrected chi connectivity index (χ2v) is 7.70. The molecule has 1 rings (SSSR count). The van der Waals surface area contributed by atoms with Crippen LogP contribution in [0, 0.1) is 0 Å². The van der Waals surface area contributed by atoms with Crippen molar-refractivity contribution >= 4 is 29.7 Å². The first-order valence-corrected chi connectivity index (χ1v) is 8.27. The number of rotatable bonds is 4. The molecule has 17 heavy (non-hydrogen) atoms. The van der Waals surface area contributed by atoms with E-state index in [4.69, 9.17) is 11.6 Å². The summed E-state index contributed by atoms with van der Waals surface area (Å²) >= 11 is 5.96. The molecule has 0 unspecified atom stereocenters. The molecule has 0 aromatic heterocycles. The topological polar surface area (TPSA) is 29.1 Å². The third-order valence-electron chi connectivity index (χ3n) is 2.31. The van der Waals surface area contributed by atoms with Gasteiger partial charge in [-0.15, -0.1) is 0 Å². The standard InChI is InChI=1S/C13H17ClNOP/c1-5-11(14)10(2)15-12-8-6-7-9-13(12)17(3,4)16/h5-9,15H,2H2,1,3-4H3/b11-5+. The Morgan fingerprint density at radius 3 is 2.53 bits per heavy atom. The van der Waals surface area contributed by atoms with Crippen molar-refractivity contribution in [3.8, 4) is 0 Å². The van der Waals surface area contributed by atoms with Gasteiger partial charge in [-0.1, -0.05) is 36.4 Å². The Bertz CT molecular complexity index is 502. The van der Waals surface area contributed by atoms with Gasteiger partial charge in [-0.3, -0.25) is 0 Å². The zero-order valence-electron chi connectivity index (χ0n) is 10.3. The molecule has 0 saturated heterocycles. The van der Waals surface area contributed by atoms with E-state index < -0.39 is 7.14 Å². The highest BCUT2D eigenvalue weighted by Gasteiger charge is 2.15. The van der Waals surface area contributed by atoms with Crippen LogP contribution in [0.15, 0.2) is 47.6 Å². The van der Waals surface area contributed by atoms with Gasteiger partial charge in [0, 0.05) is 16.7 Å². The van der Waals surface area contributed by atoms with Crippen LogP contribution in [0.25, 0.3) is 0 Å². The fourth-order valence-corrected chi connectivity index (χ4v) is 2.65. The van der Waals surface area contributed by atoms with Gasteiger partial charge in [0.15, 0.2) is 0 Å². The van der Waals surface area contributed by atoms with Crippen LogP contribution in [0.2, 0.25) is 0 Å². The molecule has 1 N–H and O–H groups in total. The number of anilines is 1. The molecule has 0 aliphatic heterocycles. The Kier molecular flexibility index (Phi) is 4.62. The maximum atomic E-state index is 12.1. The molecule has 0 spiro atoms. The zero-order chi connectivity index (χ0) is 13.1. The summed E-state index contributed by atoms with van der Waals surface area (Å²) in [5.41, 5.74) is 1.40. The predicted molar refractivity (Wildman–Crippen MR) is 77.9 cm³/mol. The van der Waals surface area contributed by atoms with E-state index in [9.17, 15) is 4.57 Å². The van der Waals surface area contributed by atoms with Gasteiger partial charge in [0.2, 0.25) is 0 Å². The normalized spacial score (nSPS) is 12.4. The van der Waals surface area contributed by atoms with Crippen LogP contribution in [0.1, 0.15) is 6.92 Å². The third kappa shape index (κ3) is 3.76. The Morgan fingerprint density at radius 2 is 2.00 bits per heavy atom. The second-order valence-electron chi connectivity index (χ2n) is 4.11. The van der Waals surface area contributed by atoms with E-state index in [1.807, 2.05) is 31.2 Å². The minimum Gasteiger partial charge on any atom is -0.354 e. The van der Waals surface area contributed by atoms with Crippen molar-refractivity contribution in [2.45, 2.75) is 6.92 Å². The van der Waals surface area contributed by atoms with Crippen molar-refractivity contribution in [3.05, 3.63) is 47.6 Å². The van der Waals surface area contributed by atoms with Gasteiger partial charge in [0.05, 0.1) is 5.03 Å². The Balaban J connectivity index is 3.08. The number of benzene rings is 1. The Labute approximate surface area is 108 Å². The molecular formula is C13H17ClNOP. The lowest BCUT2D eigenvalue weighted by Gasteiger charge is -2.16. The molecule has 4 heteroatoms. The maximum Gasteiger partial charge on any atom is 0.111 e. The van der Waals surface area contributed by atoms with Gasteiger partial charge in [-0.25, -0.2) is 0 Å². The smallest absolute Gasteiger partial charge is 0.111 e. The van der Waals surface area contributed by atoms with Gasteiger partial charge < -0.3 is 9.88 Å². The van der Waals surface area contributed by atoms with Gasteiger partial charge in [0.1, 0.15) is 7.14 Å². The predicted octanol–water partition coefficient (Wildman–Crippen LogP) is 4.00. The first-order chi connectivity index (χ1) is 7.86. The van der Waals surface area contributed by atoms with Gasteiger partial charge in [0.25, 0.3) is 0 Å². The quantitative estimate of drug-likeness (QED) is 0.661. The molecule has 0 saturated carbocycles. The third-order valence-corrected chi connectivity index (χ3v) is 4.31. The number of halogens is 1. The molecule has 0 aliphatic rings. The first-order valence-electron chi connectivity index (χ1n) is 5.29. The lowest BCUT2D eigenvalue weighted by Crippen LogP contribution is -2.11. The van der Waals surface area contributed by atoms with Crippen molar-refractivity contribution in [2.75, 3.05) is 18.6 Å². The summed E-state index contributed by atoms with van der Waals surface area (Å²) in [5, 5.41) is 4.47. The van der Waals surface area contributed by atoms with E-state index in [2.05, 4.69) is 11.9 Å². The van der Waals surface area contributed by atoms with Crippen molar-refractivity contribution in [2.24, 2.45) is 0 Å². The Morgan fingerprint density at radius 1 is 1.41 bits per heavy atom. The highest BCUT2D eigenvalue weighted by atomic mass is 35.5. The summed E-state index contributed by atoms with van der Waals surface area (Å²) in [6.45, 7) is 9.17. The van der Waals surface area contributed by atoms with Crippen molar-refractivity contribution < 1.29 is 4.57 Å². The average Bonchev–Trinajstić information content (AvgIpc) is 2.27. The van der Waals surface area contributed by atoms with E-state index in [0.29, 0.717) is 10.7 Å². The highest BCUT2D eigenvalue weighted by Crippen LogP contribution is 2.38. The monoisotopic (exact) mass is 269 g/mol. The lowest BCUT2D eigenvalue weighted by molar-refractivity contribution is 0.588. The molecule has 0 bridgehead atoms. The van der Waals surface area contributed by atoms with Gasteiger partial charge >= 0.3 is 0 Å². The molecule has 0 atom stereocenters. The first kappa shape index (κ1) is 14.1. The number of nitrogens with one attached hydrogen (secondary N) is 1. The summed E-state index contributed by atoms with van der Waals surface area (Å²) in [5.74, 6) is 0. The fraction of sp³-hybridized carbons (Fsp3) is 0.231. The number of hydrogen-bond donors (Lipinski definition) is 1. The molecule has 0 radical (unpaired) electrons. The van der Waals surface area contributed by atoms with E-state index in [-0.39, 0.29) is 0 Å². The minimum atomic E-state index is -2.32. The molecule has 2 nitrogen and oxygen atoms in total. The van der Waals surface area contributed by atoms with Crippen LogP contribution in [0.4, 0.5) is 5.69 Å². The largest absolute Gasteiger partial charge is 0.354 e. The molecule has 0 heterocycles. The summed E-state index contributed by atoms with van der Waals surface area (Å²) < 4.78 is 12.1. The highest BCUT2D eigenvalue weighted by molar-refractivity contribution is 7.70. The van der Waals surface area contributed by atoms with Crippen LogP contribution in [0.3, 0.4) is 0 Å². The van der Waals surface area contributed by atoms with Crippen LogP contribution in [-0.4, -0.2) is 13.3 Å². The molecule has 92 valence electrons. The second kappa shape index (κ2) is 5.57. The molecule has 0 fully saturated rings.